The molecule has 2 amide bonds. The van der Waals surface area contributed by atoms with Crippen molar-refractivity contribution in [1.82, 2.24) is 0 Å². The molecule has 0 saturated heterocycles. The summed E-state index contributed by atoms with van der Waals surface area (Å²) in [5.74, 6) is -0.322. The fourth-order valence-electron chi connectivity index (χ4n) is 4.82. The Hall–Kier alpha value is -4.95. The van der Waals surface area contributed by atoms with E-state index in [-0.39, 0.29) is 11.8 Å². The molecule has 1 heterocycles. The number of carbonyl (C=O) groups is 2. The number of carbonyl (C=O) groups excluding carboxylic acids is 2. The molecule has 186 valence electrons. The third kappa shape index (κ3) is 5.11. The van der Waals surface area contributed by atoms with Crippen LogP contribution in [0.2, 0.25) is 0 Å². The average Bonchev–Trinajstić information content (AvgIpc) is 3.13. The summed E-state index contributed by atoms with van der Waals surface area (Å²) in [5, 5.41) is 12.2. The Morgan fingerprint density at radius 1 is 0.868 bits per heavy atom. The number of rotatable bonds is 4. The first kappa shape index (κ1) is 24.7. The van der Waals surface area contributed by atoms with Crippen molar-refractivity contribution in [2.75, 3.05) is 16.8 Å². The van der Waals surface area contributed by atoms with Gasteiger partial charge in [0.1, 0.15) is 0 Å². The molecular weight excluding hydrogens is 470 g/mol. The summed E-state index contributed by atoms with van der Waals surface area (Å²) in [7, 11) is 0. The van der Waals surface area contributed by atoms with Gasteiger partial charge in [0.25, 0.3) is 11.8 Å². The highest BCUT2D eigenvalue weighted by Crippen LogP contribution is 2.34. The highest BCUT2D eigenvalue weighted by atomic mass is 16.2. The third-order valence-electron chi connectivity index (χ3n) is 6.78. The van der Waals surface area contributed by atoms with Crippen molar-refractivity contribution < 1.29 is 9.59 Å². The highest BCUT2D eigenvalue weighted by Gasteiger charge is 2.24. The normalized spacial score (nSPS) is 13.8. The number of hydrogen-bond donors (Lipinski definition) is 1. The minimum absolute atomic E-state index is 0.113. The fourth-order valence-corrected chi connectivity index (χ4v) is 4.82. The monoisotopic (exact) mass is 497 g/mol. The van der Waals surface area contributed by atoms with Gasteiger partial charge in [-0.05, 0) is 72.9 Å². The number of nitriles is 1. The van der Waals surface area contributed by atoms with Crippen LogP contribution in [0.1, 0.15) is 44.7 Å². The van der Waals surface area contributed by atoms with E-state index in [1.807, 2.05) is 79.7 Å². The molecular formula is C33H27N3O2. The van der Waals surface area contributed by atoms with E-state index < -0.39 is 0 Å². The molecule has 0 fully saturated rings. The zero-order valence-corrected chi connectivity index (χ0v) is 21.1. The van der Waals surface area contributed by atoms with Gasteiger partial charge in [-0.1, -0.05) is 66.2 Å². The Labute approximate surface area is 222 Å². The van der Waals surface area contributed by atoms with Gasteiger partial charge in [-0.2, -0.15) is 5.26 Å². The molecule has 4 aromatic carbocycles. The van der Waals surface area contributed by atoms with Crippen molar-refractivity contribution in [1.29, 1.82) is 5.26 Å². The molecule has 38 heavy (non-hydrogen) atoms. The maximum Gasteiger partial charge on any atom is 0.258 e. The number of amides is 2. The van der Waals surface area contributed by atoms with Crippen molar-refractivity contribution in [3.05, 3.63) is 125 Å². The molecule has 0 atom stereocenters. The van der Waals surface area contributed by atoms with Crippen molar-refractivity contribution in [3.63, 3.8) is 0 Å². The van der Waals surface area contributed by atoms with Gasteiger partial charge in [0.15, 0.2) is 0 Å². The molecule has 0 saturated carbocycles. The molecule has 0 bridgehead atoms. The van der Waals surface area contributed by atoms with Gasteiger partial charge in [0.05, 0.1) is 11.8 Å². The Morgan fingerprint density at radius 3 is 2.29 bits per heavy atom. The van der Waals surface area contributed by atoms with Crippen molar-refractivity contribution in [2.45, 2.75) is 19.8 Å². The fraction of sp³-hybridized carbons (Fsp3) is 0.121. The number of allylic oxidation sites excluding steroid dienone is 2. The molecule has 1 N–H and O–H groups in total. The lowest BCUT2D eigenvalue weighted by Crippen LogP contribution is -2.31. The van der Waals surface area contributed by atoms with E-state index in [0.29, 0.717) is 23.4 Å². The van der Waals surface area contributed by atoms with E-state index in [1.54, 1.807) is 35.2 Å². The lowest BCUT2D eigenvalue weighted by Gasteiger charge is -2.23. The van der Waals surface area contributed by atoms with Crippen LogP contribution in [0, 0.1) is 18.3 Å². The van der Waals surface area contributed by atoms with Crippen LogP contribution >= 0.6 is 0 Å². The van der Waals surface area contributed by atoms with Gasteiger partial charge in [0.2, 0.25) is 0 Å². The molecule has 5 heteroatoms. The standard InChI is InChI=1S/C33H27N3O2/c1-23-12-14-25(15-13-23)28-8-2-3-10-30(28)32(37)35-27-18-16-26(17-19-27)33(38)36-22-6-7-24(20-21-34)29-9-4-5-11-31(29)36/h2-5,8-20H,6-7,22H2,1H3,(H,35,37)/b24-20+. The summed E-state index contributed by atoms with van der Waals surface area (Å²) >= 11 is 0. The van der Waals surface area contributed by atoms with Crippen molar-refractivity contribution in [3.8, 4) is 17.2 Å². The molecule has 4 aromatic rings. The number of nitrogens with zero attached hydrogens (tertiary/aromatic N) is 2. The zero-order valence-electron chi connectivity index (χ0n) is 21.1. The smallest absolute Gasteiger partial charge is 0.258 e. The Kier molecular flexibility index (Phi) is 7.15. The molecule has 5 nitrogen and oxygen atoms in total. The second kappa shape index (κ2) is 11.0. The van der Waals surface area contributed by atoms with E-state index >= 15 is 0 Å². The van der Waals surface area contributed by atoms with Gasteiger partial charge in [-0.15, -0.1) is 0 Å². The van der Waals surface area contributed by atoms with Crippen LogP contribution in [-0.2, 0) is 0 Å². The number of hydrogen-bond acceptors (Lipinski definition) is 3. The lowest BCUT2D eigenvalue weighted by atomic mass is 9.98. The topological polar surface area (TPSA) is 73.2 Å². The molecule has 0 spiro atoms. The summed E-state index contributed by atoms with van der Waals surface area (Å²) in [6, 6.07) is 32.4. The van der Waals surface area contributed by atoms with E-state index in [2.05, 4.69) is 11.4 Å². The first-order valence-electron chi connectivity index (χ1n) is 12.6. The van der Waals surface area contributed by atoms with Gasteiger partial charge < -0.3 is 10.2 Å². The van der Waals surface area contributed by atoms with Gasteiger partial charge >= 0.3 is 0 Å². The van der Waals surface area contributed by atoms with Gasteiger partial charge in [-0.3, -0.25) is 9.59 Å². The second-order valence-electron chi connectivity index (χ2n) is 9.32. The van der Waals surface area contributed by atoms with Crippen molar-refractivity contribution >= 4 is 28.8 Å². The van der Waals surface area contributed by atoms with Gasteiger partial charge in [-0.25, -0.2) is 0 Å². The Balaban J connectivity index is 1.36. The van der Waals surface area contributed by atoms with Gasteiger partial charge in [0, 0.05) is 35.0 Å². The molecule has 0 aromatic heterocycles. The third-order valence-corrected chi connectivity index (χ3v) is 6.78. The molecule has 0 unspecified atom stereocenters. The zero-order chi connectivity index (χ0) is 26.5. The number of nitrogens with one attached hydrogen (secondary N) is 1. The van der Waals surface area contributed by atoms with E-state index in [0.717, 1.165) is 46.4 Å². The predicted molar refractivity (Wildman–Crippen MR) is 152 cm³/mol. The summed E-state index contributed by atoms with van der Waals surface area (Å²) in [6.45, 7) is 2.60. The highest BCUT2D eigenvalue weighted by molar-refractivity contribution is 6.10. The molecule has 5 rings (SSSR count). The summed E-state index contributed by atoms with van der Waals surface area (Å²) in [5.41, 5.74) is 7.40. The van der Waals surface area contributed by atoms with Crippen LogP contribution in [0.5, 0.6) is 0 Å². The van der Waals surface area contributed by atoms with Crippen LogP contribution in [0.25, 0.3) is 16.7 Å². The Bertz CT molecular complexity index is 1560. The molecule has 0 radical (unpaired) electrons. The molecule has 1 aliphatic rings. The van der Waals surface area contributed by atoms with Crippen LogP contribution in [0.15, 0.2) is 103 Å². The molecule has 1 aliphatic heterocycles. The largest absolute Gasteiger partial charge is 0.322 e. The van der Waals surface area contributed by atoms with E-state index in [4.69, 9.17) is 0 Å². The first-order chi connectivity index (χ1) is 18.5. The van der Waals surface area contributed by atoms with E-state index in [1.165, 1.54) is 0 Å². The minimum Gasteiger partial charge on any atom is -0.322 e. The van der Waals surface area contributed by atoms with Crippen LogP contribution in [-0.4, -0.2) is 18.4 Å². The first-order valence-corrected chi connectivity index (χ1v) is 12.6. The Morgan fingerprint density at radius 2 is 1.55 bits per heavy atom. The van der Waals surface area contributed by atoms with Crippen LogP contribution in [0.3, 0.4) is 0 Å². The average molecular weight is 498 g/mol. The van der Waals surface area contributed by atoms with E-state index in [9.17, 15) is 14.9 Å². The number of benzene rings is 4. The SMILES string of the molecule is Cc1ccc(-c2ccccc2C(=O)Nc2ccc(C(=O)N3CCC/C(=C\C#N)c4ccccc43)cc2)cc1. The second-order valence-corrected chi connectivity index (χ2v) is 9.32. The summed E-state index contributed by atoms with van der Waals surface area (Å²) < 4.78 is 0. The van der Waals surface area contributed by atoms with Crippen LogP contribution < -0.4 is 10.2 Å². The number of aryl methyl sites for hydroxylation is 1. The minimum atomic E-state index is -0.210. The number of fused-ring (bicyclic) bond motifs is 1. The summed E-state index contributed by atoms with van der Waals surface area (Å²) in [4.78, 5) is 28.5. The lowest BCUT2D eigenvalue weighted by molar-refractivity contribution is 0.0985. The summed E-state index contributed by atoms with van der Waals surface area (Å²) in [6.07, 6.45) is 3.08. The maximum absolute atomic E-state index is 13.5. The predicted octanol–water partition coefficient (Wildman–Crippen LogP) is 7.26. The maximum atomic E-state index is 13.5. The number of para-hydroxylation sites is 1. The quantitative estimate of drug-likeness (QED) is 0.302. The number of anilines is 2. The molecule has 0 aliphatic carbocycles. The van der Waals surface area contributed by atoms with Crippen molar-refractivity contribution in [2.24, 2.45) is 0 Å². The van der Waals surface area contributed by atoms with Crippen LogP contribution in [0.4, 0.5) is 11.4 Å².